The van der Waals surface area contributed by atoms with E-state index in [1.165, 1.54) is 19.2 Å². The monoisotopic (exact) mass is 279 g/mol. The fraction of sp³-hybridized carbons (Fsp3) is 0.714. The van der Waals surface area contributed by atoms with E-state index < -0.39 is 0 Å². The molecule has 2 heterocycles. The Morgan fingerprint density at radius 3 is 2.50 bits per heavy atom. The van der Waals surface area contributed by atoms with Crippen molar-refractivity contribution < 1.29 is 14.2 Å². The van der Waals surface area contributed by atoms with Crippen molar-refractivity contribution in [2.75, 3.05) is 20.8 Å². The van der Waals surface area contributed by atoms with Crippen LogP contribution in [0.25, 0.3) is 0 Å². The zero-order valence-corrected chi connectivity index (χ0v) is 12.0. The number of ether oxygens (including phenoxy) is 3. The van der Waals surface area contributed by atoms with Crippen LogP contribution in [-0.2, 0) is 11.3 Å². The lowest BCUT2D eigenvalue weighted by atomic mass is 10.1. The molecular formula is C14H21N3O3. The molecule has 2 atom stereocenters. The molecule has 1 aliphatic heterocycles. The summed E-state index contributed by atoms with van der Waals surface area (Å²) in [5.41, 5.74) is 0.860. The molecule has 2 aliphatic rings. The Hall–Kier alpha value is -1.40. The number of methoxy groups -OCH3 is 2. The SMILES string of the molecule is COc1ncnc(OC)c1CNC1CCOC1C1CC1. The van der Waals surface area contributed by atoms with Gasteiger partial charge in [-0.05, 0) is 25.2 Å². The van der Waals surface area contributed by atoms with Gasteiger partial charge in [0.15, 0.2) is 0 Å². The van der Waals surface area contributed by atoms with Gasteiger partial charge < -0.3 is 19.5 Å². The Morgan fingerprint density at radius 1 is 1.20 bits per heavy atom. The average molecular weight is 279 g/mol. The number of aromatic nitrogens is 2. The molecule has 110 valence electrons. The summed E-state index contributed by atoms with van der Waals surface area (Å²) in [5.74, 6) is 1.86. The quantitative estimate of drug-likeness (QED) is 0.842. The molecule has 1 aromatic heterocycles. The van der Waals surface area contributed by atoms with Crippen molar-refractivity contribution in [1.29, 1.82) is 0 Å². The average Bonchev–Trinajstić information content (AvgIpc) is 3.23. The van der Waals surface area contributed by atoms with Crippen molar-refractivity contribution in [3.8, 4) is 11.8 Å². The van der Waals surface area contributed by atoms with Crippen molar-refractivity contribution in [3.63, 3.8) is 0 Å². The molecule has 0 aromatic carbocycles. The highest BCUT2D eigenvalue weighted by Gasteiger charge is 2.40. The van der Waals surface area contributed by atoms with Gasteiger partial charge in [0.05, 0.1) is 25.9 Å². The van der Waals surface area contributed by atoms with Crippen LogP contribution in [0.15, 0.2) is 6.33 Å². The van der Waals surface area contributed by atoms with E-state index in [9.17, 15) is 0 Å². The molecule has 1 saturated carbocycles. The van der Waals surface area contributed by atoms with Crippen LogP contribution in [0.1, 0.15) is 24.8 Å². The lowest BCUT2D eigenvalue weighted by Crippen LogP contribution is -2.37. The highest BCUT2D eigenvalue weighted by atomic mass is 16.5. The third kappa shape index (κ3) is 2.71. The molecule has 1 aromatic rings. The van der Waals surface area contributed by atoms with Crippen LogP contribution >= 0.6 is 0 Å². The molecule has 20 heavy (non-hydrogen) atoms. The van der Waals surface area contributed by atoms with Gasteiger partial charge in [-0.25, -0.2) is 9.97 Å². The van der Waals surface area contributed by atoms with E-state index in [0.717, 1.165) is 24.5 Å². The van der Waals surface area contributed by atoms with E-state index in [0.29, 0.717) is 30.5 Å². The first-order valence-electron chi connectivity index (χ1n) is 7.10. The van der Waals surface area contributed by atoms with Gasteiger partial charge in [0.1, 0.15) is 6.33 Å². The Labute approximate surface area is 118 Å². The maximum Gasteiger partial charge on any atom is 0.224 e. The number of hydrogen-bond donors (Lipinski definition) is 1. The minimum absolute atomic E-state index is 0.358. The van der Waals surface area contributed by atoms with Crippen molar-refractivity contribution in [2.45, 2.75) is 38.0 Å². The zero-order chi connectivity index (χ0) is 13.9. The molecule has 1 saturated heterocycles. The van der Waals surface area contributed by atoms with Gasteiger partial charge in [0.25, 0.3) is 0 Å². The summed E-state index contributed by atoms with van der Waals surface area (Å²) in [6, 6.07) is 0.400. The summed E-state index contributed by atoms with van der Waals surface area (Å²) in [4.78, 5) is 8.27. The highest BCUT2D eigenvalue weighted by Crippen LogP contribution is 2.39. The zero-order valence-electron chi connectivity index (χ0n) is 12.0. The normalized spacial score (nSPS) is 25.7. The van der Waals surface area contributed by atoms with Crippen LogP contribution in [-0.4, -0.2) is 42.9 Å². The van der Waals surface area contributed by atoms with E-state index in [1.807, 2.05) is 0 Å². The fourth-order valence-electron chi connectivity index (χ4n) is 2.84. The smallest absolute Gasteiger partial charge is 0.224 e. The molecule has 0 bridgehead atoms. The summed E-state index contributed by atoms with van der Waals surface area (Å²) in [6.45, 7) is 1.48. The summed E-state index contributed by atoms with van der Waals surface area (Å²) >= 11 is 0. The Kier molecular flexibility index (Phi) is 4.03. The molecule has 6 heteroatoms. The topological polar surface area (TPSA) is 65.5 Å². The third-order valence-electron chi connectivity index (χ3n) is 4.02. The Balaban J connectivity index is 1.68. The van der Waals surface area contributed by atoms with Gasteiger partial charge in [-0.3, -0.25) is 0 Å². The number of nitrogens with one attached hydrogen (secondary N) is 1. The van der Waals surface area contributed by atoms with Crippen LogP contribution in [0.4, 0.5) is 0 Å². The number of rotatable bonds is 6. The van der Waals surface area contributed by atoms with Crippen molar-refractivity contribution in [1.82, 2.24) is 15.3 Å². The minimum atomic E-state index is 0.358. The maximum absolute atomic E-state index is 5.83. The second-order valence-corrected chi connectivity index (χ2v) is 5.32. The Bertz CT molecular complexity index is 443. The summed E-state index contributed by atoms with van der Waals surface area (Å²) < 4.78 is 16.4. The summed E-state index contributed by atoms with van der Waals surface area (Å²) in [5, 5.41) is 3.55. The highest BCUT2D eigenvalue weighted by molar-refractivity contribution is 5.34. The van der Waals surface area contributed by atoms with E-state index in [4.69, 9.17) is 14.2 Å². The van der Waals surface area contributed by atoms with Gasteiger partial charge in [0, 0.05) is 19.2 Å². The molecular weight excluding hydrogens is 258 g/mol. The number of nitrogens with zero attached hydrogens (tertiary/aromatic N) is 2. The molecule has 2 fully saturated rings. The molecule has 0 spiro atoms. The van der Waals surface area contributed by atoms with Crippen molar-refractivity contribution in [2.24, 2.45) is 5.92 Å². The van der Waals surface area contributed by atoms with Gasteiger partial charge >= 0.3 is 0 Å². The van der Waals surface area contributed by atoms with Crippen molar-refractivity contribution in [3.05, 3.63) is 11.9 Å². The van der Waals surface area contributed by atoms with Gasteiger partial charge in [-0.15, -0.1) is 0 Å². The largest absolute Gasteiger partial charge is 0.481 e. The van der Waals surface area contributed by atoms with E-state index in [1.54, 1.807) is 14.2 Å². The standard InChI is InChI=1S/C14H21N3O3/c1-18-13-10(14(19-2)17-8-16-13)7-15-11-5-6-20-12(11)9-3-4-9/h8-9,11-12,15H,3-7H2,1-2H3. The third-order valence-corrected chi connectivity index (χ3v) is 4.02. The van der Waals surface area contributed by atoms with Crippen LogP contribution in [0.5, 0.6) is 11.8 Å². The van der Waals surface area contributed by atoms with Gasteiger partial charge in [-0.1, -0.05) is 0 Å². The number of hydrogen-bond acceptors (Lipinski definition) is 6. The van der Waals surface area contributed by atoms with E-state index in [2.05, 4.69) is 15.3 Å². The first kappa shape index (κ1) is 13.6. The minimum Gasteiger partial charge on any atom is -0.481 e. The summed E-state index contributed by atoms with van der Waals surface area (Å²) in [6.07, 6.45) is 5.46. The van der Waals surface area contributed by atoms with Crippen LogP contribution in [0.3, 0.4) is 0 Å². The molecule has 2 unspecified atom stereocenters. The fourth-order valence-corrected chi connectivity index (χ4v) is 2.84. The van der Waals surface area contributed by atoms with Crippen LogP contribution < -0.4 is 14.8 Å². The molecule has 6 nitrogen and oxygen atoms in total. The molecule has 0 amide bonds. The lowest BCUT2D eigenvalue weighted by Gasteiger charge is -2.20. The second-order valence-electron chi connectivity index (χ2n) is 5.32. The van der Waals surface area contributed by atoms with Crippen LogP contribution in [0.2, 0.25) is 0 Å². The van der Waals surface area contributed by atoms with E-state index in [-0.39, 0.29) is 0 Å². The summed E-state index contributed by atoms with van der Waals surface area (Å²) in [7, 11) is 3.22. The van der Waals surface area contributed by atoms with Crippen molar-refractivity contribution >= 4 is 0 Å². The molecule has 1 aliphatic carbocycles. The van der Waals surface area contributed by atoms with Crippen LogP contribution in [0, 0.1) is 5.92 Å². The van der Waals surface area contributed by atoms with Gasteiger partial charge in [-0.2, -0.15) is 0 Å². The first-order chi connectivity index (χ1) is 9.83. The predicted octanol–water partition coefficient (Wildman–Crippen LogP) is 1.15. The first-order valence-corrected chi connectivity index (χ1v) is 7.10. The second kappa shape index (κ2) is 5.93. The lowest BCUT2D eigenvalue weighted by molar-refractivity contribution is 0.0807. The Morgan fingerprint density at radius 2 is 1.90 bits per heavy atom. The molecule has 0 radical (unpaired) electrons. The van der Waals surface area contributed by atoms with Gasteiger partial charge in [0.2, 0.25) is 11.8 Å². The predicted molar refractivity (Wildman–Crippen MR) is 72.8 cm³/mol. The maximum atomic E-state index is 5.83. The van der Waals surface area contributed by atoms with E-state index >= 15 is 0 Å². The molecule has 1 N–H and O–H groups in total. The molecule has 3 rings (SSSR count).